The van der Waals surface area contributed by atoms with Crippen molar-refractivity contribution in [1.29, 1.82) is 0 Å². The lowest BCUT2D eigenvalue weighted by Crippen LogP contribution is -1.89. The zero-order chi connectivity index (χ0) is 8.71. The Morgan fingerprint density at radius 2 is 0.667 bits per heavy atom. The van der Waals surface area contributed by atoms with Gasteiger partial charge in [-0.1, -0.05) is 0 Å². The molecule has 9 heavy (non-hydrogen) atoms. The molecule has 0 heterocycles. The highest BCUT2D eigenvalue weighted by Crippen LogP contribution is 0.981. The van der Waals surface area contributed by atoms with Gasteiger partial charge in [-0.05, 0) is 35.2 Å². The van der Waals surface area contributed by atoms with Crippen molar-refractivity contribution in [3.05, 3.63) is 0 Å². The second-order valence-electron chi connectivity index (χ2n) is 0.500. The number of rotatable bonds is 0. The van der Waals surface area contributed by atoms with Gasteiger partial charge in [0.2, 0.25) is 0 Å². The van der Waals surface area contributed by atoms with Crippen LogP contribution in [0.15, 0.2) is 0 Å². The van der Waals surface area contributed by atoms with Crippen LogP contribution in [0.1, 0.15) is 0 Å². The summed E-state index contributed by atoms with van der Waals surface area (Å²) in [5.41, 5.74) is 13.5. The lowest BCUT2D eigenvalue weighted by atomic mass is 11.3. The molecule has 0 aromatic heterocycles. The van der Waals surface area contributed by atoms with Crippen LogP contribution in [0.4, 0.5) is 0 Å². The summed E-state index contributed by atoms with van der Waals surface area (Å²) in [5, 5.41) is 2.75. The van der Waals surface area contributed by atoms with E-state index in [0.717, 1.165) is 0 Å². The Bertz CT molecular complexity index is 8.92. The largest absolute Gasteiger partial charge is 0.333 e. The van der Waals surface area contributed by atoms with E-state index < -0.39 is 0 Å². The van der Waals surface area contributed by atoms with Crippen LogP contribution in [0.2, 0.25) is 0 Å². The van der Waals surface area contributed by atoms with Crippen molar-refractivity contribution in [2.24, 2.45) is 17.2 Å². The van der Waals surface area contributed by atoms with Crippen LogP contribution in [0.5, 0.6) is 0 Å². The molecule has 0 rings (SSSR count). The van der Waals surface area contributed by atoms with E-state index >= 15 is 0 Å². The highest BCUT2D eigenvalue weighted by atomic mass is 14.7. The molecule has 0 atom stereocenters. The predicted molar refractivity (Wildman–Crippen MR) is 45.3 cm³/mol. The molecule has 0 aliphatic heterocycles. The van der Waals surface area contributed by atoms with E-state index in [4.69, 9.17) is 0 Å². The third kappa shape index (κ3) is 10400. The third-order valence-corrected chi connectivity index (χ3v) is 0. The van der Waals surface area contributed by atoms with Crippen molar-refractivity contribution >= 4 is 0 Å². The number of hydrogen-bond donors (Lipinski definition) is 4. The standard InChI is InChI=1S/C2H7N.3CH5N/c1-3-2;3*1-2/h3H,1-2H3;3*2H2,1H3. The zero-order valence-corrected chi connectivity index (χ0v) is 7.23. The fourth-order valence-corrected chi connectivity index (χ4v) is 0. The van der Waals surface area contributed by atoms with Gasteiger partial charge >= 0.3 is 0 Å². The van der Waals surface area contributed by atoms with E-state index in [0.29, 0.717) is 0 Å². The quantitative estimate of drug-likeness (QED) is 0.330. The molecule has 0 unspecified atom stereocenters. The van der Waals surface area contributed by atoms with Crippen molar-refractivity contribution < 1.29 is 0 Å². The average Bonchev–Trinajstić information content (AvgIpc) is 2.01. The van der Waals surface area contributed by atoms with E-state index in [1.807, 2.05) is 14.1 Å². The van der Waals surface area contributed by atoms with Crippen LogP contribution in [0.25, 0.3) is 0 Å². The van der Waals surface area contributed by atoms with Crippen LogP contribution in [-0.2, 0) is 0 Å². The lowest BCUT2D eigenvalue weighted by Gasteiger charge is -1.59. The molecule has 62 valence electrons. The normalized spacial score (nSPS) is 4.00. The molecule has 0 radical (unpaired) electrons. The summed E-state index contributed by atoms with van der Waals surface area (Å²) >= 11 is 0. The second-order valence-corrected chi connectivity index (χ2v) is 0.500. The highest BCUT2D eigenvalue weighted by Gasteiger charge is 1.25. The molecule has 0 fully saturated rings. The lowest BCUT2D eigenvalue weighted by molar-refractivity contribution is 1.02. The number of hydrogen-bond acceptors (Lipinski definition) is 4. The maximum atomic E-state index is 4.50. The third-order valence-electron chi connectivity index (χ3n) is 0. The summed E-state index contributed by atoms with van der Waals surface area (Å²) in [5.74, 6) is 0. The van der Waals surface area contributed by atoms with Crippen LogP contribution < -0.4 is 22.5 Å². The Hall–Kier alpha value is -0.160. The van der Waals surface area contributed by atoms with Crippen molar-refractivity contribution in [2.45, 2.75) is 0 Å². The number of nitrogens with one attached hydrogen (secondary N) is 1. The molecule has 0 saturated heterocycles. The molecule has 0 aromatic carbocycles. The molecule has 0 aliphatic carbocycles. The average molecular weight is 138 g/mol. The van der Waals surface area contributed by atoms with Crippen molar-refractivity contribution in [2.75, 3.05) is 35.2 Å². The highest BCUT2D eigenvalue weighted by molar-refractivity contribution is 3.91. The van der Waals surface area contributed by atoms with Crippen molar-refractivity contribution in [3.8, 4) is 0 Å². The van der Waals surface area contributed by atoms with E-state index in [9.17, 15) is 0 Å². The first-order valence-electron chi connectivity index (χ1n) is 2.73. The molecule has 0 amide bonds. The molecular formula is C5H22N4. The zero-order valence-electron chi connectivity index (χ0n) is 7.23. The minimum atomic E-state index is 1.50. The minimum Gasteiger partial charge on any atom is -0.333 e. The van der Waals surface area contributed by atoms with Gasteiger partial charge in [-0.15, -0.1) is 0 Å². The predicted octanol–water partition coefficient (Wildman–Crippen LogP) is -1.44. The summed E-state index contributed by atoms with van der Waals surface area (Å²) in [6, 6.07) is 0. The first-order valence-corrected chi connectivity index (χ1v) is 2.73. The van der Waals surface area contributed by atoms with E-state index in [-0.39, 0.29) is 0 Å². The van der Waals surface area contributed by atoms with Gasteiger partial charge in [0.1, 0.15) is 0 Å². The summed E-state index contributed by atoms with van der Waals surface area (Å²) in [7, 11) is 8.25. The van der Waals surface area contributed by atoms with Gasteiger partial charge < -0.3 is 22.5 Å². The summed E-state index contributed by atoms with van der Waals surface area (Å²) in [4.78, 5) is 0. The molecular weight excluding hydrogens is 116 g/mol. The minimum absolute atomic E-state index is 1.50. The van der Waals surface area contributed by atoms with E-state index in [1.165, 1.54) is 21.1 Å². The van der Waals surface area contributed by atoms with Crippen LogP contribution in [0.3, 0.4) is 0 Å². The first kappa shape index (κ1) is 23.2. The van der Waals surface area contributed by atoms with Crippen molar-refractivity contribution in [1.82, 2.24) is 5.32 Å². The Morgan fingerprint density at radius 3 is 0.667 bits per heavy atom. The molecule has 0 saturated carbocycles. The van der Waals surface area contributed by atoms with Gasteiger partial charge in [0, 0.05) is 0 Å². The fourth-order valence-electron chi connectivity index (χ4n) is 0. The van der Waals surface area contributed by atoms with Gasteiger partial charge in [-0.25, -0.2) is 0 Å². The Morgan fingerprint density at radius 1 is 0.667 bits per heavy atom. The van der Waals surface area contributed by atoms with Crippen molar-refractivity contribution in [3.63, 3.8) is 0 Å². The number of nitrogens with two attached hydrogens (primary N) is 3. The smallest absolute Gasteiger partial charge is 0.0167 e. The molecule has 4 nitrogen and oxygen atoms in total. The monoisotopic (exact) mass is 138 g/mol. The second kappa shape index (κ2) is 520. The topological polar surface area (TPSA) is 90.1 Å². The maximum Gasteiger partial charge on any atom is -0.0167 e. The maximum absolute atomic E-state index is 4.50. The van der Waals surface area contributed by atoms with Gasteiger partial charge in [0.25, 0.3) is 0 Å². The Kier molecular flexibility index (Phi) is 1340. The molecule has 0 bridgehead atoms. The van der Waals surface area contributed by atoms with Gasteiger partial charge in [0.05, 0.1) is 0 Å². The first-order chi connectivity index (χ1) is 4.41. The van der Waals surface area contributed by atoms with Gasteiger partial charge in [-0.2, -0.15) is 0 Å². The van der Waals surface area contributed by atoms with Gasteiger partial charge in [0.15, 0.2) is 0 Å². The molecule has 0 aromatic rings. The molecule has 7 N–H and O–H groups in total. The van der Waals surface area contributed by atoms with Crippen LogP contribution >= 0.6 is 0 Å². The van der Waals surface area contributed by atoms with E-state index in [2.05, 4.69) is 22.5 Å². The molecule has 0 aliphatic rings. The molecule has 4 heteroatoms. The van der Waals surface area contributed by atoms with Gasteiger partial charge in [-0.3, -0.25) is 0 Å². The van der Waals surface area contributed by atoms with E-state index in [1.54, 1.807) is 0 Å². The Balaban J connectivity index is -0.0000000190. The molecule has 0 spiro atoms. The van der Waals surface area contributed by atoms with Crippen LogP contribution in [0, 0.1) is 0 Å². The van der Waals surface area contributed by atoms with Crippen LogP contribution in [-0.4, -0.2) is 35.2 Å². The summed E-state index contributed by atoms with van der Waals surface area (Å²) in [6.07, 6.45) is 0. The summed E-state index contributed by atoms with van der Waals surface area (Å²) in [6.45, 7) is 0. The Labute approximate surface area is 58.8 Å². The fraction of sp³-hybridized carbons (Fsp3) is 1.00. The SMILES string of the molecule is CN.CN.CN.CNC. The summed E-state index contributed by atoms with van der Waals surface area (Å²) < 4.78 is 0.